The second kappa shape index (κ2) is 11.9. The van der Waals surface area contributed by atoms with Crippen LogP contribution in [0.4, 0.5) is 5.69 Å². The topological polar surface area (TPSA) is 86.8 Å². The fourth-order valence-electron chi connectivity index (χ4n) is 3.08. The van der Waals surface area contributed by atoms with E-state index in [1.54, 1.807) is 25.1 Å². The Morgan fingerprint density at radius 3 is 2.30 bits per heavy atom. The number of rotatable bonds is 10. The minimum Gasteiger partial charge on any atom is -0.352 e. The molecule has 2 rings (SSSR count). The van der Waals surface area contributed by atoms with Crippen molar-refractivity contribution in [3.05, 3.63) is 63.6 Å². The maximum Gasteiger partial charge on any atom is 0.244 e. The predicted molar refractivity (Wildman–Crippen MR) is 136 cm³/mol. The number of halogens is 2. The van der Waals surface area contributed by atoms with Gasteiger partial charge in [0.1, 0.15) is 12.6 Å². The molecule has 180 valence electrons. The van der Waals surface area contributed by atoms with E-state index in [1.165, 1.54) is 11.0 Å². The van der Waals surface area contributed by atoms with Gasteiger partial charge in [-0.25, -0.2) is 8.42 Å². The first-order chi connectivity index (χ1) is 15.4. The number of amides is 2. The lowest BCUT2D eigenvalue weighted by Crippen LogP contribution is -2.52. The zero-order chi connectivity index (χ0) is 24.8. The average Bonchev–Trinajstić information content (AvgIpc) is 2.75. The van der Waals surface area contributed by atoms with Crippen LogP contribution in [0.1, 0.15) is 32.8 Å². The van der Waals surface area contributed by atoms with Crippen molar-refractivity contribution in [2.24, 2.45) is 0 Å². The molecule has 10 heteroatoms. The lowest BCUT2D eigenvalue weighted by atomic mass is 10.1. The molecule has 0 bridgehead atoms. The highest BCUT2D eigenvalue weighted by atomic mass is 79.9. The number of benzene rings is 2. The number of nitrogens with zero attached hydrogens (tertiary/aromatic N) is 2. The molecular weight excluding hydrogens is 530 g/mol. The van der Waals surface area contributed by atoms with E-state index < -0.39 is 28.5 Å². The van der Waals surface area contributed by atoms with Gasteiger partial charge in [-0.05, 0) is 56.2 Å². The highest BCUT2D eigenvalue weighted by Crippen LogP contribution is 2.23. The molecule has 0 aromatic heterocycles. The molecule has 0 fully saturated rings. The van der Waals surface area contributed by atoms with Crippen LogP contribution in [0.15, 0.2) is 53.0 Å². The smallest absolute Gasteiger partial charge is 0.244 e. The van der Waals surface area contributed by atoms with E-state index in [1.807, 2.05) is 38.1 Å². The standard InChI is InChI=1S/C23H29BrClN3O4S/c1-5-16(2)26-23(30)17(3)27(14-18-9-11-19(24)12-10-18)22(29)15-28(33(4,31)32)21-8-6-7-20(25)13-21/h6-13,16-17H,5,14-15H2,1-4H3,(H,26,30)/t16-,17-/m1/s1. The Bertz CT molecular complexity index is 1080. The number of carbonyl (C=O) groups is 2. The zero-order valence-electron chi connectivity index (χ0n) is 19.1. The quantitative estimate of drug-likeness (QED) is 0.474. The van der Waals surface area contributed by atoms with Gasteiger partial charge < -0.3 is 10.2 Å². The van der Waals surface area contributed by atoms with E-state index in [9.17, 15) is 18.0 Å². The molecule has 0 radical (unpaired) electrons. The molecule has 1 N–H and O–H groups in total. The monoisotopic (exact) mass is 557 g/mol. The molecule has 0 unspecified atom stereocenters. The van der Waals surface area contributed by atoms with Crippen molar-refractivity contribution in [1.82, 2.24) is 10.2 Å². The van der Waals surface area contributed by atoms with Gasteiger partial charge in [0.15, 0.2) is 0 Å². The summed E-state index contributed by atoms with van der Waals surface area (Å²) >= 11 is 9.42. The van der Waals surface area contributed by atoms with Gasteiger partial charge in [0.05, 0.1) is 11.9 Å². The Hall–Kier alpha value is -2.10. The van der Waals surface area contributed by atoms with Crippen molar-refractivity contribution in [3.8, 4) is 0 Å². The first-order valence-electron chi connectivity index (χ1n) is 10.5. The number of sulfonamides is 1. The summed E-state index contributed by atoms with van der Waals surface area (Å²) in [5.74, 6) is -0.807. The summed E-state index contributed by atoms with van der Waals surface area (Å²) in [4.78, 5) is 27.7. The summed E-state index contributed by atoms with van der Waals surface area (Å²) in [5, 5.41) is 3.24. The molecule has 7 nitrogen and oxygen atoms in total. The first-order valence-corrected chi connectivity index (χ1v) is 13.5. The van der Waals surface area contributed by atoms with Crippen molar-refractivity contribution in [3.63, 3.8) is 0 Å². The molecule has 2 amide bonds. The predicted octanol–water partition coefficient (Wildman–Crippen LogP) is 4.20. The first kappa shape index (κ1) is 27.1. The fourth-order valence-corrected chi connectivity index (χ4v) is 4.37. The fraction of sp³-hybridized carbons (Fsp3) is 0.391. The van der Waals surface area contributed by atoms with Crippen molar-refractivity contribution in [1.29, 1.82) is 0 Å². The summed E-state index contributed by atoms with van der Waals surface area (Å²) in [7, 11) is -3.79. The van der Waals surface area contributed by atoms with Crippen LogP contribution in [0.3, 0.4) is 0 Å². The zero-order valence-corrected chi connectivity index (χ0v) is 22.2. The van der Waals surface area contributed by atoms with E-state index in [0.717, 1.165) is 27.0 Å². The normalized spacial score (nSPS) is 13.2. The van der Waals surface area contributed by atoms with Crippen LogP contribution in [-0.4, -0.2) is 50.0 Å². The van der Waals surface area contributed by atoms with Crippen LogP contribution < -0.4 is 9.62 Å². The van der Waals surface area contributed by atoms with E-state index in [2.05, 4.69) is 21.2 Å². The van der Waals surface area contributed by atoms with Crippen LogP contribution >= 0.6 is 27.5 Å². The molecule has 0 aliphatic carbocycles. The Morgan fingerprint density at radius 2 is 1.76 bits per heavy atom. The second-order valence-corrected chi connectivity index (χ2v) is 11.2. The third-order valence-electron chi connectivity index (χ3n) is 5.21. The van der Waals surface area contributed by atoms with Crippen LogP contribution in [0.5, 0.6) is 0 Å². The number of anilines is 1. The van der Waals surface area contributed by atoms with E-state index in [4.69, 9.17) is 11.6 Å². The molecule has 0 saturated heterocycles. The molecule has 0 saturated carbocycles. The summed E-state index contributed by atoms with van der Waals surface area (Å²) in [6, 6.07) is 12.8. The number of carbonyl (C=O) groups excluding carboxylic acids is 2. The maximum absolute atomic E-state index is 13.4. The van der Waals surface area contributed by atoms with Crippen LogP contribution in [0.2, 0.25) is 5.02 Å². The highest BCUT2D eigenvalue weighted by molar-refractivity contribution is 9.10. The molecule has 2 aromatic rings. The lowest BCUT2D eigenvalue weighted by Gasteiger charge is -2.32. The van der Waals surface area contributed by atoms with Gasteiger partial charge in [0, 0.05) is 22.1 Å². The van der Waals surface area contributed by atoms with Gasteiger partial charge in [-0.3, -0.25) is 13.9 Å². The van der Waals surface area contributed by atoms with Crippen molar-refractivity contribution in [2.45, 2.75) is 45.8 Å². The largest absolute Gasteiger partial charge is 0.352 e. The Balaban J connectivity index is 2.37. The van der Waals surface area contributed by atoms with Crippen molar-refractivity contribution < 1.29 is 18.0 Å². The molecule has 2 aromatic carbocycles. The van der Waals surface area contributed by atoms with Gasteiger partial charge >= 0.3 is 0 Å². The number of hydrogen-bond acceptors (Lipinski definition) is 4. The minimum absolute atomic E-state index is 0.0523. The van der Waals surface area contributed by atoms with Gasteiger partial charge in [-0.15, -0.1) is 0 Å². The molecule has 0 aliphatic rings. The van der Waals surface area contributed by atoms with Gasteiger partial charge in [-0.1, -0.05) is 52.7 Å². The number of nitrogens with one attached hydrogen (secondary N) is 1. The molecule has 0 aliphatic heterocycles. The van der Waals surface area contributed by atoms with Crippen molar-refractivity contribution >= 4 is 55.1 Å². The van der Waals surface area contributed by atoms with Crippen molar-refractivity contribution in [2.75, 3.05) is 17.1 Å². The third-order valence-corrected chi connectivity index (χ3v) is 7.11. The second-order valence-electron chi connectivity index (χ2n) is 7.89. The molecule has 33 heavy (non-hydrogen) atoms. The average molecular weight is 559 g/mol. The van der Waals surface area contributed by atoms with E-state index >= 15 is 0 Å². The van der Waals surface area contributed by atoms with Crippen LogP contribution in [0.25, 0.3) is 0 Å². The minimum atomic E-state index is -3.79. The third kappa shape index (κ3) is 8.01. The highest BCUT2D eigenvalue weighted by Gasteiger charge is 2.30. The van der Waals surface area contributed by atoms with Gasteiger partial charge in [-0.2, -0.15) is 0 Å². The van der Waals surface area contributed by atoms with Gasteiger partial charge in [0.2, 0.25) is 21.8 Å². The summed E-state index contributed by atoms with van der Waals surface area (Å²) < 4.78 is 26.9. The molecule has 2 atom stereocenters. The SMILES string of the molecule is CC[C@@H](C)NC(=O)[C@@H](C)N(Cc1ccc(Br)cc1)C(=O)CN(c1cccc(Cl)c1)S(C)(=O)=O. The summed E-state index contributed by atoms with van der Waals surface area (Å²) in [6.45, 7) is 5.16. The van der Waals surface area contributed by atoms with Crippen LogP contribution in [0, 0.1) is 0 Å². The summed E-state index contributed by atoms with van der Waals surface area (Å²) in [6.07, 6.45) is 1.77. The van der Waals surface area contributed by atoms with Gasteiger partial charge in [0.25, 0.3) is 0 Å². The maximum atomic E-state index is 13.4. The Labute approximate surface area is 209 Å². The summed E-state index contributed by atoms with van der Waals surface area (Å²) in [5.41, 5.74) is 1.09. The van der Waals surface area contributed by atoms with E-state index in [0.29, 0.717) is 5.02 Å². The number of hydrogen-bond donors (Lipinski definition) is 1. The lowest BCUT2D eigenvalue weighted by molar-refractivity contribution is -0.139. The molecule has 0 spiro atoms. The van der Waals surface area contributed by atoms with E-state index in [-0.39, 0.29) is 24.2 Å². The molecular formula is C23H29BrClN3O4S. The Kier molecular flexibility index (Phi) is 9.75. The van der Waals surface area contributed by atoms with Crippen LogP contribution in [-0.2, 0) is 26.2 Å². The Morgan fingerprint density at radius 1 is 1.12 bits per heavy atom. The molecule has 0 heterocycles.